The third kappa shape index (κ3) is 2.08. The molecular weight excluding hydrogens is 228 g/mol. The van der Waals surface area contributed by atoms with Crippen molar-refractivity contribution in [2.75, 3.05) is 31.1 Å². The number of aliphatic hydroxyl groups excluding tert-OH is 1. The number of hydrogen-bond donors (Lipinski definition) is 1. The van der Waals surface area contributed by atoms with Gasteiger partial charge in [-0.1, -0.05) is 18.2 Å². The Hall–Kier alpha value is -1.55. The lowest BCUT2D eigenvalue weighted by molar-refractivity contribution is -0.127. The summed E-state index contributed by atoms with van der Waals surface area (Å²) in [5.41, 5.74) is 2.69. The molecule has 1 saturated heterocycles. The summed E-state index contributed by atoms with van der Waals surface area (Å²) < 4.78 is 0. The molecule has 0 aromatic heterocycles. The Bertz CT molecular complexity index is 461. The molecule has 3 rings (SSSR count). The second-order valence-corrected chi connectivity index (χ2v) is 5.06. The molecule has 96 valence electrons. The van der Waals surface area contributed by atoms with Crippen molar-refractivity contribution < 1.29 is 9.90 Å². The van der Waals surface area contributed by atoms with Crippen LogP contribution in [0.15, 0.2) is 24.3 Å². The standard InChI is InChI=1S/C14H18N2O2/c17-12-9-14(18)16(10-12)8-7-15-6-5-11-3-1-2-4-13(11)15/h1-4,12,17H,5-10H2. The molecule has 0 spiro atoms. The van der Waals surface area contributed by atoms with E-state index < -0.39 is 6.10 Å². The number of para-hydroxylation sites is 1. The van der Waals surface area contributed by atoms with E-state index in [-0.39, 0.29) is 12.3 Å². The maximum atomic E-state index is 11.6. The van der Waals surface area contributed by atoms with Crippen molar-refractivity contribution in [1.29, 1.82) is 0 Å². The lowest BCUT2D eigenvalue weighted by Crippen LogP contribution is -2.35. The molecule has 2 heterocycles. The molecule has 4 heteroatoms. The number of β-amino-alcohol motifs (C(OH)–C–C–N with tert-alkyl or cyclic N) is 1. The Morgan fingerprint density at radius 1 is 1.22 bits per heavy atom. The summed E-state index contributed by atoms with van der Waals surface area (Å²) in [5, 5.41) is 9.44. The summed E-state index contributed by atoms with van der Waals surface area (Å²) in [6.07, 6.45) is 0.909. The topological polar surface area (TPSA) is 43.8 Å². The van der Waals surface area contributed by atoms with Crippen LogP contribution in [0.4, 0.5) is 5.69 Å². The van der Waals surface area contributed by atoms with Crippen LogP contribution in [0.3, 0.4) is 0 Å². The zero-order chi connectivity index (χ0) is 12.5. The highest BCUT2D eigenvalue weighted by atomic mass is 16.3. The van der Waals surface area contributed by atoms with Crippen LogP contribution in [0.5, 0.6) is 0 Å². The Labute approximate surface area is 107 Å². The van der Waals surface area contributed by atoms with Gasteiger partial charge in [-0.15, -0.1) is 0 Å². The Kier molecular flexibility index (Phi) is 2.96. The number of fused-ring (bicyclic) bond motifs is 1. The number of carbonyl (C=O) groups is 1. The molecule has 1 fully saturated rings. The zero-order valence-corrected chi connectivity index (χ0v) is 10.4. The van der Waals surface area contributed by atoms with Crippen LogP contribution in [-0.4, -0.2) is 48.2 Å². The number of rotatable bonds is 3. The van der Waals surface area contributed by atoms with Gasteiger partial charge in [-0.05, 0) is 18.1 Å². The first-order valence-corrected chi connectivity index (χ1v) is 6.53. The van der Waals surface area contributed by atoms with E-state index in [1.54, 1.807) is 4.90 Å². The van der Waals surface area contributed by atoms with Crippen molar-refractivity contribution in [3.8, 4) is 0 Å². The van der Waals surface area contributed by atoms with Crippen molar-refractivity contribution in [2.45, 2.75) is 18.9 Å². The van der Waals surface area contributed by atoms with E-state index in [2.05, 4.69) is 29.2 Å². The highest BCUT2D eigenvalue weighted by Crippen LogP contribution is 2.27. The first kappa shape index (κ1) is 11.5. The third-order valence-electron chi connectivity index (χ3n) is 3.82. The number of anilines is 1. The van der Waals surface area contributed by atoms with Gasteiger partial charge in [0.2, 0.25) is 5.91 Å². The van der Waals surface area contributed by atoms with Crippen molar-refractivity contribution >= 4 is 11.6 Å². The lowest BCUT2D eigenvalue weighted by atomic mass is 10.2. The lowest BCUT2D eigenvalue weighted by Gasteiger charge is -2.23. The minimum absolute atomic E-state index is 0.0787. The molecule has 0 aliphatic carbocycles. The summed E-state index contributed by atoms with van der Waals surface area (Å²) in [4.78, 5) is 15.7. The van der Waals surface area contributed by atoms with Gasteiger partial charge in [-0.2, -0.15) is 0 Å². The predicted octanol–water partition coefficient (Wildman–Crippen LogP) is 0.642. The molecule has 1 atom stereocenters. The molecule has 1 aromatic rings. The van der Waals surface area contributed by atoms with Gasteiger partial charge in [-0.25, -0.2) is 0 Å². The molecule has 0 radical (unpaired) electrons. The number of nitrogens with zero attached hydrogens (tertiary/aromatic N) is 2. The van der Waals surface area contributed by atoms with Gasteiger partial charge in [0.05, 0.1) is 12.5 Å². The minimum Gasteiger partial charge on any atom is -0.391 e. The van der Waals surface area contributed by atoms with Crippen LogP contribution in [0.1, 0.15) is 12.0 Å². The second kappa shape index (κ2) is 4.61. The Morgan fingerprint density at radius 3 is 2.78 bits per heavy atom. The number of likely N-dealkylation sites (tertiary alicyclic amines) is 1. The van der Waals surface area contributed by atoms with Gasteiger partial charge in [-0.3, -0.25) is 4.79 Å². The number of hydrogen-bond acceptors (Lipinski definition) is 3. The maximum absolute atomic E-state index is 11.6. The minimum atomic E-state index is -0.469. The van der Waals surface area contributed by atoms with E-state index in [1.165, 1.54) is 11.3 Å². The van der Waals surface area contributed by atoms with Crippen molar-refractivity contribution in [3.05, 3.63) is 29.8 Å². The van der Waals surface area contributed by atoms with Crippen LogP contribution < -0.4 is 4.90 Å². The van der Waals surface area contributed by atoms with Crippen LogP contribution >= 0.6 is 0 Å². The van der Waals surface area contributed by atoms with Gasteiger partial charge < -0.3 is 14.9 Å². The zero-order valence-electron chi connectivity index (χ0n) is 10.4. The molecule has 18 heavy (non-hydrogen) atoms. The van der Waals surface area contributed by atoms with Gasteiger partial charge in [0, 0.05) is 31.9 Å². The van der Waals surface area contributed by atoms with Crippen molar-refractivity contribution in [3.63, 3.8) is 0 Å². The summed E-state index contributed by atoms with van der Waals surface area (Å²) >= 11 is 0. The van der Waals surface area contributed by atoms with E-state index in [4.69, 9.17) is 0 Å². The highest BCUT2D eigenvalue weighted by molar-refractivity contribution is 5.79. The molecule has 1 N–H and O–H groups in total. The SMILES string of the molecule is O=C1CC(O)CN1CCN1CCc2ccccc21. The molecule has 0 saturated carbocycles. The van der Waals surface area contributed by atoms with E-state index in [9.17, 15) is 9.90 Å². The molecule has 2 aliphatic heterocycles. The summed E-state index contributed by atoms with van der Waals surface area (Å²) in [6.45, 7) is 3.10. The molecular formula is C14H18N2O2. The van der Waals surface area contributed by atoms with E-state index in [1.807, 2.05) is 0 Å². The van der Waals surface area contributed by atoms with Crippen molar-refractivity contribution in [1.82, 2.24) is 4.90 Å². The molecule has 2 aliphatic rings. The molecule has 1 unspecified atom stereocenters. The number of benzene rings is 1. The maximum Gasteiger partial charge on any atom is 0.225 e. The van der Waals surface area contributed by atoms with Crippen LogP contribution in [0, 0.1) is 0 Å². The average Bonchev–Trinajstić information content (AvgIpc) is 2.90. The fourth-order valence-electron chi connectivity index (χ4n) is 2.85. The molecule has 1 aromatic carbocycles. The average molecular weight is 246 g/mol. The fraction of sp³-hybridized carbons (Fsp3) is 0.500. The van der Waals surface area contributed by atoms with Crippen LogP contribution in [0.2, 0.25) is 0 Å². The van der Waals surface area contributed by atoms with Gasteiger partial charge in [0.15, 0.2) is 0 Å². The van der Waals surface area contributed by atoms with Gasteiger partial charge in [0.25, 0.3) is 0 Å². The second-order valence-electron chi connectivity index (χ2n) is 5.06. The molecule has 4 nitrogen and oxygen atoms in total. The Morgan fingerprint density at radius 2 is 2.00 bits per heavy atom. The summed E-state index contributed by atoms with van der Waals surface area (Å²) in [5.74, 6) is 0.0787. The van der Waals surface area contributed by atoms with E-state index in [0.29, 0.717) is 13.1 Å². The highest BCUT2D eigenvalue weighted by Gasteiger charge is 2.28. The van der Waals surface area contributed by atoms with Crippen molar-refractivity contribution in [2.24, 2.45) is 0 Å². The predicted molar refractivity (Wildman–Crippen MR) is 69.6 cm³/mol. The van der Waals surface area contributed by atoms with E-state index in [0.717, 1.165) is 19.5 Å². The Balaban J connectivity index is 1.60. The summed E-state index contributed by atoms with van der Waals surface area (Å²) in [6, 6.07) is 8.44. The normalized spacial score (nSPS) is 22.7. The van der Waals surface area contributed by atoms with E-state index >= 15 is 0 Å². The number of aliphatic hydroxyl groups is 1. The molecule has 1 amide bonds. The quantitative estimate of drug-likeness (QED) is 0.851. The molecule has 0 bridgehead atoms. The smallest absolute Gasteiger partial charge is 0.225 e. The largest absolute Gasteiger partial charge is 0.391 e. The number of amides is 1. The number of carbonyl (C=O) groups excluding carboxylic acids is 1. The monoisotopic (exact) mass is 246 g/mol. The first-order chi connectivity index (χ1) is 8.74. The third-order valence-corrected chi connectivity index (χ3v) is 3.82. The first-order valence-electron chi connectivity index (χ1n) is 6.53. The fourth-order valence-corrected chi connectivity index (χ4v) is 2.85. The van der Waals surface area contributed by atoms with Gasteiger partial charge in [0.1, 0.15) is 0 Å². The van der Waals surface area contributed by atoms with Crippen LogP contribution in [-0.2, 0) is 11.2 Å². The van der Waals surface area contributed by atoms with Crippen LogP contribution in [0.25, 0.3) is 0 Å². The summed E-state index contributed by atoms with van der Waals surface area (Å²) in [7, 11) is 0. The van der Waals surface area contributed by atoms with Gasteiger partial charge >= 0.3 is 0 Å².